The van der Waals surface area contributed by atoms with Crippen molar-refractivity contribution in [2.24, 2.45) is 0 Å². The number of anilines is 1. The molecule has 1 unspecified atom stereocenters. The number of hydrogen-bond acceptors (Lipinski definition) is 6. The van der Waals surface area contributed by atoms with Gasteiger partial charge in [0.15, 0.2) is 0 Å². The van der Waals surface area contributed by atoms with Crippen molar-refractivity contribution in [1.82, 2.24) is 4.98 Å². The molecule has 2 aromatic rings. The molecule has 110 valence electrons. The number of ether oxygens (including phenoxy) is 1. The van der Waals surface area contributed by atoms with Crippen LogP contribution in [-0.2, 0) is 0 Å². The Kier molecular flexibility index (Phi) is 4.68. The van der Waals surface area contributed by atoms with E-state index in [9.17, 15) is 15.2 Å². The maximum absolute atomic E-state index is 10.6. The summed E-state index contributed by atoms with van der Waals surface area (Å²) in [5.41, 5.74) is 1.35. The number of nitro benzene ring substituents is 1. The average molecular weight is 289 g/mol. The maximum Gasteiger partial charge on any atom is 0.269 e. The summed E-state index contributed by atoms with van der Waals surface area (Å²) in [6.07, 6.45) is 0.828. The Morgan fingerprint density at radius 3 is 2.57 bits per heavy atom. The van der Waals surface area contributed by atoms with E-state index >= 15 is 0 Å². The molecule has 1 aromatic carbocycles. The Morgan fingerprint density at radius 1 is 1.33 bits per heavy atom. The minimum Gasteiger partial charge on any atom is -0.481 e. The number of nitro groups is 1. The van der Waals surface area contributed by atoms with Gasteiger partial charge in [0, 0.05) is 24.7 Å². The average Bonchev–Trinajstić information content (AvgIpc) is 2.53. The number of non-ortho nitro benzene ring substituents is 1. The number of aliphatic hydroxyl groups is 1. The van der Waals surface area contributed by atoms with E-state index in [2.05, 4.69) is 10.3 Å². The van der Waals surface area contributed by atoms with Gasteiger partial charge in [-0.3, -0.25) is 10.1 Å². The number of benzene rings is 1. The second-order valence-electron chi connectivity index (χ2n) is 4.33. The Balaban J connectivity index is 1.94. The van der Waals surface area contributed by atoms with Gasteiger partial charge < -0.3 is 15.2 Å². The highest BCUT2D eigenvalue weighted by Crippen LogP contribution is 2.19. The van der Waals surface area contributed by atoms with E-state index in [4.69, 9.17) is 4.74 Å². The fourth-order valence-corrected chi connectivity index (χ4v) is 1.76. The van der Waals surface area contributed by atoms with E-state index in [1.807, 2.05) is 0 Å². The summed E-state index contributed by atoms with van der Waals surface area (Å²) in [6, 6.07) is 9.31. The number of rotatable bonds is 6. The van der Waals surface area contributed by atoms with Crippen molar-refractivity contribution in [3.8, 4) is 5.88 Å². The van der Waals surface area contributed by atoms with Gasteiger partial charge >= 0.3 is 0 Å². The lowest BCUT2D eigenvalue weighted by molar-refractivity contribution is -0.384. The molecule has 0 radical (unpaired) electrons. The zero-order valence-corrected chi connectivity index (χ0v) is 11.4. The van der Waals surface area contributed by atoms with Crippen LogP contribution >= 0.6 is 0 Å². The van der Waals surface area contributed by atoms with Gasteiger partial charge in [-0.1, -0.05) is 0 Å². The van der Waals surface area contributed by atoms with Crippen molar-refractivity contribution >= 4 is 11.4 Å². The zero-order chi connectivity index (χ0) is 15.2. The number of methoxy groups -OCH3 is 1. The van der Waals surface area contributed by atoms with E-state index in [1.54, 1.807) is 18.3 Å². The molecule has 1 atom stereocenters. The number of nitrogens with one attached hydrogen (secondary N) is 1. The fourth-order valence-electron chi connectivity index (χ4n) is 1.76. The second kappa shape index (κ2) is 6.67. The first-order chi connectivity index (χ1) is 10.1. The van der Waals surface area contributed by atoms with E-state index in [0.29, 0.717) is 11.4 Å². The molecule has 0 saturated carbocycles. The normalized spacial score (nSPS) is 11.7. The second-order valence-corrected chi connectivity index (χ2v) is 4.33. The largest absolute Gasteiger partial charge is 0.481 e. The summed E-state index contributed by atoms with van der Waals surface area (Å²) >= 11 is 0. The molecule has 0 amide bonds. The Morgan fingerprint density at radius 2 is 2.05 bits per heavy atom. The smallest absolute Gasteiger partial charge is 0.269 e. The van der Waals surface area contributed by atoms with Crippen LogP contribution in [0.15, 0.2) is 42.6 Å². The highest BCUT2D eigenvalue weighted by Gasteiger charge is 2.10. The number of hydrogen-bond donors (Lipinski definition) is 2. The van der Waals surface area contributed by atoms with Crippen molar-refractivity contribution in [2.75, 3.05) is 19.0 Å². The van der Waals surface area contributed by atoms with E-state index in [0.717, 1.165) is 5.69 Å². The van der Waals surface area contributed by atoms with Gasteiger partial charge in [-0.05, 0) is 23.8 Å². The van der Waals surface area contributed by atoms with Gasteiger partial charge in [-0.25, -0.2) is 4.98 Å². The first kappa shape index (κ1) is 14.7. The molecule has 21 heavy (non-hydrogen) atoms. The summed E-state index contributed by atoms with van der Waals surface area (Å²) in [7, 11) is 1.54. The highest BCUT2D eigenvalue weighted by atomic mass is 16.6. The summed E-state index contributed by atoms with van der Waals surface area (Å²) in [5.74, 6) is 0.511. The third kappa shape index (κ3) is 3.90. The van der Waals surface area contributed by atoms with E-state index in [1.165, 1.54) is 31.4 Å². The summed E-state index contributed by atoms with van der Waals surface area (Å²) in [6.45, 7) is 0.270. The van der Waals surface area contributed by atoms with Crippen LogP contribution in [0.3, 0.4) is 0 Å². The van der Waals surface area contributed by atoms with Crippen LogP contribution in [0.5, 0.6) is 5.88 Å². The lowest BCUT2D eigenvalue weighted by atomic mass is 10.1. The van der Waals surface area contributed by atoms with Crippen molar-refractivity contribution in [2.45, 2.75) is 6.10 Å². The SMILES string of the molecule is COc1ccc(NCC(O)c2ccc([N+](=O)[O-])cc2)cn1. The Labute approximate surface area is 121 Å². The molecule has 0 bridgehead atoms. The van der Waals surface area contributed by atoms with Crippen molar-refractivity contribution < 1.29 is 14.8 Å². The molecule has 2 N–H and O–H groups in total. The summed E-state index contributed by atoms with van der Waals surface area (Å²) in [4.78, 5) is 14.1. The molecule has 0 fully saturated rings. The monoisotopic (exact) mass is 289 g/mol. The molecule has 0 saturated heterocycles. The molecule has 0 aliphatic heterocycles. The lowest BCUT2D eigenvalue weighted by Crippen LogP contribution is -2.12. The molecule has 7 nitrogen and oxygen atoms in total. The Hall–Kier alpha value is -2.67. The van der Waals surface area contributed by atoms with Crippen molar-refractivity contribution in [3.63, 3.8) is 0 Å². The quantitative estimate of drug-likeness (QED) is 0.624. The van der Waals surface area contributed by atoms with E-state index in [-0.39, 0.29) is 12.2 Å². The first-order valence-electron chi connectivity index (χ1n) is 6.26. The lowest BCUT2D eigenvalue weighted by Gasteiger charge is -2.13. The van der Waals surface area contributed by atoms with Crippen molar-refractivity contribution in [1.29, 1.82) is 0 Å². The van der Waals surface area contributed by atoms with Crippen LogP contribution in [0.1, 0.15) is 11.7 Å². The third-order valence-electron chi connectivity index (χ3n) is 2.93. The minimum atomic E-state index is -0.770. The van der Waals surface area contributed by atoms with Gasteiger partial charge in [0.25, 0.3) is 5.69 Å². The summed E-state index contributed by atoms with van der Waals surface area (Å²) < 4.78 is 4.95. The van der Waals surface area contributed by atoms with Gasteiger partial charge in [0.1, 0.15) is 0 Å². The number of aromatic nitrogens is 1. The number of pyridine rings is 1. The number of aliphatic hydroxyl groups excluding tert-OH is 1. The van der Waals surface area contributed by atoms with Crippen molar-refractivity contribution in [3.05, 3.63) is 58.3 Å². The molecule has 0 spiro atoms. The molecule has 7 heteroatoms. The van der Waals surface area contributed by atoms with Gasteiger partial charge in [-0.15, -0.1) is 0 Å². The minimum absolute atomic E-state index is 0.00161. The molecule has 0 aliphatic rings. The van der Waals surface area contributed by atoms with Gasteiger partial charge in [0.05, 0.1) is 30.0 Å². The number of nitrogens with zero attached hydrogens (tertiary/aromatic N) is 2. The molecule has 2 rings (SSSR count). The van der Waals surface area contributed by atoms with Crippen LogP contribution in [0.4, 0.5) is 11.4 Å². The molecule has 0 aliphatic carbocycles. The van der Waals surface area contributed by atoms with Gasteiger partial charge in [-0.2, -0.15) is 0 Å². The topological polar surface area (TPSA) is 97.5 Å². The predicted molar refractivity (Wildman–Crippen MR) is 77.3 cm³/mol. The van der Waals surface area contributed by atoms with Crippen LogP contribution in [0.25, 0.3) is 0 Å². The molecule has 1 heterocycles. The van der Waals surface area contributed by atoms with Crippen LogP contribution in [0.2, 0.25) is 0 Å². The third-order valence-corrected chi connectivity index (χ3v) is 2.93. The van der Waals surface area contributed by atoms with E-state index < -0.39 is 11.0 Å². The van der Waals surface area contributed by atoms with Crippen LogP contribution in [-0.4, -0.2) is 28.7 Å². The fraction of sp³-hybridized carbons (Fsp3) is 0.214. The zero-order valence-electron chi connectivity index (χ0n) is 11.4. The van der Waals surface area contributed by atoms with Gasteiger partial charge in [0.2, 0.25) is 5.88 Å². The maximum atomic E-state index is 10.6. The standard InChI is InChI=1S/C14H15N3O4/c1-21-14-7-4-11(8-16-14)15-9-13(18)10-2-5-12(6-3-10)17(19)20/h2-8,13,15,18H,9H2,1H3. The molecular formula is C14H15N3O4. The summed E-state index contributed by atoms with van der Waals surface area (Å²) in [5, 5.41) is 23.6. The predicted octanol–water partition coefficient (Wildman–Crippen LogP) is 2.14. The Bertz CT molecular complexity index is 599. The van der Waals surface area contributed by atoms with Crippen LogP contribution < -0.4 is 10.1 Å². The molecule has 1 aromatic heterocycles. The molecular weight excluding hydrogens is 274 g/mol. The van der Waals surface area contributed by atoms with Crippen LogP contribution in [0, 0.1) is 10.1 Å². The first-order valence-corrected chi connectivity index (χ1v) is 6.26. The highest BCUT2D eigenvalue weighted by molar-refractivity contribution is 5.42.